The molecule has 16 heavy (non-hydrogen) atoms. The fraction of sp³-hybridized carbons (Fsp3) is 0.417. The standard InChI is InChI=1S/C12H17N3O/c1-14(6-3-7-16)10-4-5-12-11(8-10)13-9-15(12)2/h4-5,8-9,16H,3,6-7H2,1-2H3. The van der Waals surface area contributed by atoms with Crippen molar-refractivity contribution in [2.24, 2.45) is 7.05 Å². The third kappa shape index (κ3) is 2.02. The van der Waals surface area contributed by atoms with Crippen molar-refractivity contribution in [3.63, 3.8) is 0 Å². The number of aliphatic hydroxyl groups is 1. The van der Waals surface area contributed by atoms with Crippen LogP contribution >= 0.6 is 0 Å². The molecule has 0 fully saturated rings. The third-order valence-corrected chi connectivity index (χ3v) is 2.80. The van der Waals surface area contributed by atoms with Gasteiger partial charge in [0.25, 0.3) is 0 Å². The van der Waals surface area contributed by atoms with Crippen molar-refractivity contribution < 1.29 is 5.11 Å². The predicted molar refractivity (Wildman–Crippen MR) is 65.7 cm³/mol. The summed E-state index contributed by atoms with van der Waals surface area (Å²) in [5.41, 5.74) is 3.29. The number of hydrogen-bond donors (Lipinski definition) is 1. The first kappa shape index (κ1) is 11.0. The van der Waals surface area contributed by atoms with Gasteiger partial charge < -0.3 is 14.6 Å². The van der Waals surface area contributed by atoms with Gasteiger partial charge in [0.15, 0.2) is 0 Å². The molecule has 0 unspecified atom stereocenters. The van der Waals surface area contributed by atoms with Gasteiger partial charge in [0.05, 0.1) is 17.4 Å². The first-order valence-electron chi connectivity index (χ1n) is 5.45. The average Bonchev–Trinajstić information content (AvgIpc) is 2.67. The number of nitrogens with zero attached hydrogens (tertiary/aromatic N) is 3. The lowest BCUT2D eigenvalue weighted by atomic mass is 10.2. The summed E-state index contributed by atoms with van der Waals surface area (Å²) in [6, 6.07) is 6.24. The van der Waals surface area contributed by atoms with Crippen LogP contribution in [0, 0.1) is 0 Å². The van der Waals surface area contributed by atoms with Crippen LogP contribution in [0.4, 0.5) is 5.69 Å². The molecule has 0 aliphatic rings. The summed E-state index contributed by atoms with van der Waals surface area (Å²) in [5.74, 6) is 0. The second kappa shape index (κ2) is 4.53. The van der Waals surface area contributed by atoms with Crippen LogP contribution in [0.3, 0.4) is 0 Å². The van der Waals surface area contributed by atoms with Gasteiger partial charge in [-0.25, -0.2) is 4.98 Å². The highest BCUT2D eigenvalue weighted by Crippen LogP contribution is 2.19. The Bertz CT molecular complexity index is 478. The van der Waals surface area contributed by atoms with Gasteiger partial charge in [0, 0.05) is 32.9 Å². The highest BCUT2D eigenvalue weighted by Gasteiger charge is 2.04. The summed E-state index contributed by atoms with van der Waals surface area (Å²) in [4.78, 5) is 6.46. The minimum atomic E-state index is 0.232. The minimum absolute atomic E-state index is 0.232. The van der Waals surface area contributed by atoms with Crippen LogP contribution in [-0.2, 0) is 7.05 Å². The number of fused-ring (bicyclic) bond motifs is 1. The molecule has 0 radical (unpaired) electrons. The van der Waals surface area contributed by atoms with Crippen LogP contribution in [0.15, 0.2) is 24.5 Å². The Kier molecular flexibility index (Phi) is 3.10. The molecule has 2 rings (SSSR count). The first-order valence-corrected chi connectivity index (χ1v) is 5.45. The quantitative estimate of drug-likeness (QED) is 0.845. The topological polar surface area (TPSA) is 41.3 Å². The molecule has 86 valence electrons. The van der Waals surface area contributed by atoms with Crippen LogP contribution < -0.4 is 4.90 Å². The highest BCUT2D eigenvalue weighted by molar-refractivity contribution is 5.79. The van der Waals surface area contributed by atoms with E-state index in [-0.39, 0.29) is 6.61 Å². The number of imidazole rings is 1. The molecule has 4 heteroatoms. The molecule has 0 saturated carbocycles. The Labute approximate surface area is 95.1 Å². The summed E-state index contributed by atoms with van der Waals surface area (Å²) >= 11 is 0. The van der Waals surface area contributed by atoms with E-state index >= 15 is 0 Å². The summed E-state index contributed by atoms with van der Waals surface area (Å²) in [7, 11) is 4.02. The zero-order chi connectivity index (χ0) is 11.5. The van der Waals surface area contributed by atoms with Gasteiger partial charge in [0.2, 0.25) is 0 Å². The number of benzene rings is 1. The van der Waals surface area contributed by atoms with Crippen molar-refractivity contribution in [2.75, 3.05) is 25.1 Å². The van der Waals surface area contributed by atoms with E-state index in [9.17, 15) is 0 Å². The monoisotopic (exact) mass is 219 g/mol. The second-order valence-corrected chi connectivity index (χ2v) is 4.03. The van der Waals surface area contributed by atoms with E-state index in [1.807, 2.05) is 25.0 Å². The first-order chi connectivity index (χ1) is 7.72. The lowest BCUT2D eigenvalue weighted by Gasteiger charge is -2.18. The minimum Gasteiger partial charge on any atom is -0.396 e. The van der Waals surface area contributed by atoms with E-state index in [2.05, 4.69) is 28.1 Å². The number of aryl methyl sites for hydroxylation is 1. The molecule has 4 nitrogen and oxygen atoms in total. The lowest BCUT2D eigenvalue weighted by Crippen LogP contribution is -2.19. The molecule has 0 amide bonds. The molecule has 0 aliphatic heterocycles. The molecule has 0 spiro atoms. The Morgan fingerprint density at radius 1 is 1.44 bits per heavy atom. The van der Waals surface area contributed by atoms with E-state index in [0.717, 1.165) is 29.7 Å². The molecule has 1 aromatic heterocycles. The molecule has 0 aliphatic carbocycles. The second-order valence-electron chi connectivity index (χ2n) is 4.03. The van der Waals surface area contributed by atoms with Crippen molar-refractivity contribution >= 4 is 16.7 Å². The molecular weight excluding hydrogens is 202 g/mol. The van der Waals surface area contributed by atoms with Gasteiger partial charge in [0.1, 0.15) is 0 Å². The third-order valence-electron chi connectivity index (χ3n) is 2.80. The number of anilines is 1. The zero-order valence-corrected chi connectivity index (χ0v) is 9.72. The summed E-state index contributed by atoms with van der Waals surface area (Å²) in [6.45, 7) is 1.09. The van der Waals surface area contributed by atoms with Crippen LogP contribution in [0.1, 0.15) is 6.42 Å². The zero-order valence-electron chi connectivity index (χ0n) is 9.72. The Morgan fingerprint density at radius 2 is 2.25 bits per heavy atom. The number of aromatic nitrogens is 2. The molecule has 0 bridgehead atoms. The maximum absolute atomic E-state index is 8.79. The highest BCUT2D eigenvalue weighted by atomic mass is 16.3. The van der Waals surface area contributed by atoms with E-state index < -0.39 is 0 Å². The summed E-state index contributed by atoms with van der Waals surface area (Å²) < 4.78 is 2.01. The van der Waals surface area contributed by atoms with Gasteiger partial charge in [-0.3, -0.25) is 0 Å². The maximum atomic E-state index is 8.79. The molecule has 0 atom stereocenters. The van der Waals surface area contributed by atoms with E-state index in [0.29, 0.717) is 0 Å². The van der Waals surface area contributed by atoms with Crippen LogP contribution in [0.5, 0.6) is 0 Å². The fourth-order valence-electron chi connectivity index (χ4n) is 1.80. The van der Waals surface area contributed by atoms with E-state index in [1.54, 1.807) is 0 Å². The van der Waals surface area contributed by atoms with Gasteiger partial charge in [-0.15, -0.1) is 0 Å². The Hall–Kier alpha value is -1.55. The molecule has 1 N–H and O–H groups in total. The van der Waals surface area contributed by atoms with E-state index in [4.69, 9.17) is 5.11 Å². The van der Waals surface area contributed by atoms with Gasteiger partial charge in [-0.05, 0) is 24.6 Å². The van der Waals surface area contributed by atoms with Crippen LogP contribution in [-0.4, -0.2) is 34.9 Å². The molecule has 0 saturated heterocycles. The van der Waals surface area contributed by atoms with Crippen molar-refractivity contribution in [1.82, 2.24) is 9.55 Å². The number of hydrogen-bond acceptors (Lipinski definition) is 3. The van der Waals surface area contributed by atoms with Crippen molar-refractivity contribution in [3.8, 4) is 0 Å². The molecule has 2 aromatic rings. The Morgan fingerprint density at radius 3 is 3.00 bits per heavy atom. The van der Waals surface area contributed by atoms with Crippen LogP contribution in [0.2, 0.25) is 0 Å². The normalized spacial score (nSPS) is 10.9. The molecular formula is C12H17N3O. The number of aliphatic hydroxyl groups excluding tert-OH is 1. The van der Waals surface area contributed by atoms with Crippen molar-refractivity contribution in [1.29, 1.82) is 0 Å². The van der Waals surface area contributed by atoms with Gasteiger partial charge >= 0.3 is 0 Å². The largest absolute Gasteiger partial charge is 0.396 e. The number of rotatable bonds is 4. The maximum Gasteiger partial charge on any atom is 0.0955 e. The molecule has 1 heterocycles. The summed E-state index contributed by atoms with van der Waals surface area (Å²) in [6.07, 6.45) is 2.61. The van der Waals surface area contributed by atoms with Gasteiger partial charge in [-0.1, -0.05) is 0 Å². The smallest absolute Gasteiger partial charge is 0.0955 e. The van der Waals surface area contributed by atoms with Crippen molar-refractivity contribution in [2.45, 2.75) is 6.42 Å². The van der Waals surface area contributed by atoms with E-state index in [1.165, 1.54) is 0 Å². The predicted octanol–water partition coefficient (Wildman–Crippen LogP) is 1.39. The average molecular weight is 219 g/mol. The van der Waals surface area contributed by atoms with Gasteiger partial charge in [-0.2, -0.15) is 0 Å². The molecule has 1 aromatic carbocycles. The summed E-state index contributed by atoms with van der Waals surface area (Å²) in [5, 5.41) is 8.79. The fourth-order valence-corrected chi connectivity index (χ4v) is 1.80. The van der Waals surface area contributed by atoms with Crippen molar-refractivity contribution in [3.05, 3.63) is 24.5 Å². The SMILES string of the molecule is CN(CCCO)c1ccc2c(c1)ncn2C. The lowest BCUT2D eigenvalue weighted by molar-refractivity contribution is 0.290. The Balaban J connectivity index is 2.25. The van der Waals surface area contributed by atoms with Crippen LogP contribution in [0.25, 0.3) is 11.0 Å².